The van der Waals surface area contributed by atoms with Crippen LogP contribution in [0.25, 0.3) is 0 Å². The minimum Gasteiger partial charge on any atom is -0.365 e. The van der Waals surface area contributed by atoms with Crippen LogP contribution in [0.3, 0.4) is 0 Å². The maximum absolute atomic E-state index is 12.4. The summed E-state index contributed by atoms with van der Waals surface area (Å²) in [7, 11) is 0. The number of anilines is 1. The number of hydrogen-bond acceptors (Lipinski definition) is 6. The first-order valence-electron chi connectivity index (χ1n) is 9.09. The monoisotopic (exact) mass is 454 g/mol. The molecule has 158 valence electrons. The second-order valence-corrected chi connectivity index (χ2v) is 8.11. The summed E-state index contributed by atoms with van der Waals surface area (Å²) in [5.41, 5.74) is 7.58. The van der Waals surface area contributed by atoms with E-state index in [9.17, 15) is 19.7 Å². The maximum atomic E-state index is 12.4. The Morgan fingerprint density at radius 3 is 2.52 bits per heavy atom. The maximum Gasteiger partial charge on any atom is 0.270 e. The van der Waals surface area contributed by atoms with Crippen molar-refractivity contribution < 1.29 is 14.5 Å². The number of nitrogens with two attached hydrogens (primary N) is 1. The molecule has 10 heteroatoms. The van der Waals surface area contributed by atoms with Crippen molar-refractivity contribution in [3.63, 3.8) is 0 Å². The Bertz CT molecular complexity index is 1180. The van der Waals surface area contributed by atoms with E-state index in [4.69, 9.17) is 18.0 Å². The lowest BCUT2D eigenvalue weighted by Gasteiger charge is -2.09. The van der Waals surface area contributed by atoms with Gasteiger partial charge in [-0.1, -0.05) is 36.4 Å². The molecule has 3 aromatic rings. The average molecular weight is 455 g/mol. The number of carbonyl (C=O) groups excluding carboxylic acids is 2. The molecule has 0 unspecified atom stereocenters. The number of thiophene rings is 1. The summed E-state index contributed by atoms with van der Waals surface area (Å²) in [6.45, 7) is 1.81. The van der Waals surface area contributed by atoms with Gasteiger partial charge < -0.3 is 11.1 Å². The first-order chi connectivity index (χ1) is 14.8. The van der Waals surface area contributed by atoms with Crippen molar-refractivity contribution in [3.05, 3.63) is 91.8 Å². The third-order valence-electron chi connectivity index (χ3n) is 4.47. The Kier molecular flexibility index (Phi) is 6.73. The molecule has 0 aliphatic heterocycles. The van der Waals surface area contributed by atoms with E-state index in [0.717, 1.165) is 22.1 Å². The molecule has 0 bridgehead atoms. The Labute approximate surface area is 187 Å². The van der Waals surface area contributed by atoms with Gasteiger partial charge in [-0.3, -0.25) is 25.0 Å². The van der Waals surface area contributed by atoms with E-state index >= 15 is 0 Å². The Hall–Kier alpha value is -3.63. The number of non-ortho nitro benzene ring substituents is 1. The predicted octanol–water partition coefficient (Wildman–Crippen LogP) is 3.78. The highest BCUT2D eigenvalue weighted by atomic mass is 32.1. The fraction of sp³-hybridized carbons (Fsp3) is 0.0952. The number of carbonyl (C=O) groups is 2. The van der Waals surface area contributed by atoms with E-state index in [0.29, 0.717) is 17.0 Å². The molecule has 0 atom stereocenters. The van der Waals surface area contributed by atoms with Gasteiger partial charge in [0.05, 0.1) is 10.5 Å². The van der Waals surface area contributed by atoms with Gasteiger partial charge in [-0.15, -0.1) is 11.3 Å². The number of nitrogens with one attached hydrogen (secondary N) is 2. The third kappa shape index (κ3) is 5.30. The van der Waals surface area contributed by atoms with E-state index in [1.54, 1.807) is 0 Å². The normalized spacial score (nSPS) is 10.4. The number of nitro groups is 1. The first-order valence-corrected chi connectivity index (χ1v) is 10.3. The van der Waals surface area contributed by atoms with Gasteiger partial charge >= 0.3 is 0 Å². The topological polar surface area (TPSA) is 127 Å². The molecular weight excluding hydrogens is 436 g/mol. The van der Waals surface area contributed by atoms with Crippen molar-refractivity contribution in [2.45, 2.75) is 13.3 Å². The SMILES string of the molecule is Cc1c(Cc2ccccc2)sc(NC(=S)NC(=O)c2cccc([N+](=O)[O-])c2)c1C(N)=O. The molecule has 31 heavy (non-hydrogen) atoms. The van der Waals surface area contributed by atoms with Crippen LogP contribution < -0.4 is 16.4 Å². The largest absolute Gasteiger partial charge is 0.365 e. The molecular formula is C21H18N4O4S2. The highest BCUT2D eigenvalue weighted by Gasteiger charge is 2.21. The molecule has 0 fully saturated rings. The molecule has 0 radical (unpaired) electrons. The van der Waals surface area contributed by atoms with Crippen LogP contribution in [0, 0.1) is 17.0 Å². The lowest BCUT2D eigenvalue weighted by atomic mass is 10.1. The van der Waals surface area contributed by atoms with Crippen LogP contribution in [0.15, 0.2) is 54.6 Å². The van der Waals surface area contributed by atoms with Gasteiger partial charge in [0.2, 0.25) is 0 Å². The zero-order valence-corrected chi connectivity index (χ0v) is 18.0. The van der Waals surface area contributed by atoms with E-state index in [1.807, 2.05) is 37.3 Å². The number of nitrogens with zero attached hydrogens (tertiary/aromatic N) is 1. The number of benzene rings is 2. The van der Waals surface area contributed by atoms with Gasteiger partial charge in [0.25, 0.3) is 17.5 Å². The van der Waals surface area contributed by atoms with E-state index in [1.165, 1.54) is 29.5 Å². The zero-order chi connectivity index (χ0) is 22.5. The van der Waals surface area contributed by atoms with Crippen LogP contribution in [0.1, 0.15) is 36.7 Å². The lowest BCUT2D eigenvalue weighted by molar-refractivity contribution is -0.384. The van der Waals surface area contributed by atoms with Crippen LogP contribution >= 0.6 is 23.6 Å². The summed E-state index contributed by atoms with van der Waals surface area (Å²) in [6.07, 6.45) is 0.617. The number of rotatable bonds is 6. The smallest absolute Gasteiger partial charge is 0.270 e. The van der Waals surface area contributed by atoms with E-state index in [2.05, 4.69) is 10.6 Å². The molecule has 1 heterocycles. The van der Waals surface area contributed by atoms with Crippen LogP contribution in [-0.2, 0) is 6.42 Å². The molecule has 0 aliphatic carbocycles. The molecule has 0 saturated heterocycles. The van der Waals surface area contributed by atoms with Crippen molar-refractivity contribution in [3.8, 4) is 0 Å². The van der Waals surface area contributed by atoms with E-state index in [-0.39, 0.29) is 16.4 Å². The summed E-state index contributed by atoms with van der Waals surface area (Å²) >= 11 is 6.53. The number of primary amides is 1. The van der Waals surface area contributed by atoms with Crippen molar-refractivity contribution in [2.24, 2.45) is 5.73 Å². The average Bonchev–Trinajstić information content (AvgIpc) is 3.03. The van der Waals surface area contributed by atoms with Gasteiger partial charge in [0.1, 0.15) is 5.00 Å². The number of nitro benzene ring substituents is 1. The molecule has 8 nitrogen and oxygen atoms in total. The first kappa shape index (κ1) is 22.1. The molecule has 2 amide bonds. The van der Waals surface area contributed by atoms with Gasteiger partial charge in [-0.05, 0) is 36.3 Å². The number of hydrogen-bond donors (Lipinski definition) is 3. The molecule has 0 saturated carbocycles. The van der Waals surface area contributed by atoms with Crippen molar-refractivity contribution in [1.29, 1.82) is 0 Å². The van der Waals surface area contributed by atoms with Crippen LogP contribution in [0.2, 0.25) is 0 Å². The highest BCUT2D eigenvalue weighted by molar-refractivity contribution is 7.80. The van der Waals surface area contributed by atoms with Crippen LogP contribution in [-0.4, -0.2) is 21.9 Å². The molecule has 2 aromatic carbocycles. The lowest BCUT2D eigenvalue weighted by Crippen LogP contribution is -2.34. The second kappa shape index (κ2) is 9.45. The summed E-state index contributed by atoms with van der Waals surface area (Å²) in [5.74, 6) is -1.22. The van der Waals surface area contributed by atoms with Crippen LogP contribution in [0.5, 0.6) is 0 Å². The minimum atomic E-state index is -0.611. The fourth-order valence-corrected chi connectivity index (χ4v) is 4.47. The number of thiocarbonyl (C=S) groups is 1. The van der Waals surface area contributed by atoms with Crippen molar-refractivity contribution in [2.75, 3.05) is 5.32 Å². The molecule has 3 rings (SSSR count). The molecule has 0 aliphatic rings. The van der Waals surface area contributed by atoms with E-state index < -0.39 is 16.7 Å². The quantitative estimate of drug-likeness (QED) is 0.295. The summed E-state index contributed by atoms with van der Waals surface area (Å²) in [5, 5.41) is 16.6. The second-order valence-electron chi connectivity index (χ2n) is 6.60. The molecule has 0 spiro atoms. The summed E-state index contributed by atoms with van der Waals surface area (Å²) in [4.78, 5) is 35.7. The van der Waals surface area contributed by atoms with Gasteiger partial charge in [-0.25, -0.2) is 0 Å². The zero-order valence-electron chi connectivity index (χ0n) is 16.4. The predicted molar refractivity (Wildman–Crippen MR) is 124 cm³/mol. The van der Waals surface area contributed by atoms with Crippen molar-refractivity contribution >= 4 is 51.2 Å². The Morgan fingerprint density at radius 2 is 1.87 bits per heavy atom. The highest BCUT2D eigenvalue weighted by Crippen LogP contribution is 2.34. The number of amides is 2. The Morgan fingerprint density at radius 1 is 1.16 bits per heavy atom. The minimum absolute atomic E-state index is 0.0495. The third-order valence-corrected chi connectivity index (χ3v) is 5.88. The molecule has 1 aromatic heterocycles. The fourth-order valence-electron chi connectivity index (χ4n) is 2.97. The van der Waals surface area contributed by atoms with Gasteiger partial charge in [0, 0.05) is 29.0 Å². The van der Waals surface area contributed by atoms with Crippen molar-refractivity contribution in [1.82, 2.24) is 5.32 Å². The van der Waals surface area contributed by atoms with Gasteiger partial charge in [0.15, 0.2) is 5.11 Å². The van der Waals surface area contributed by atoms with Gasteiger partial charge in [-0.2, -0.15) is 0 Å². The molecule has 4 N–H and O–H groups in total. The van der Waals surface area contributed by atoms with Crippen LogP contribution in [0.4, 0.5) is 10.7 Å². The summed E-state index contributed by atoms with van der Waals surface area (Å²) < 4.78 is 0. The standard InChI is InChI=1S/C21H18N4O4S2/c1-12-16(10-13-6-3-2-4-7-13)31-20(17(12)18(22)26)24-21(30)23-19(27)14-8-5-9-15(11-14)25(28)29/h2-9,11H,10H2,1H3,(H2,22,26)(H2,23,24,27,30). The Balaban J connectivity index is 1.78. The summed E-state index contributed by atoms with van der Waals surface area (Å²) in [6, 6.07) is 15.1.